The Morgan fingerprint density at radius 2 is 1.09 bits per heavy atom. The zero-order chi connectivity index (χ0) is 16.1. The maximum absolute atomic E-state index is 2.33. The Morgan fingerprint density at radius 3 is 1.65 bits per heavy atom. The van der Waals surface area contributed by atoms with Crippen LogP contribution in [0.25, 0.3) is 11.1 Å². The summed E-state index contributed by atoms with van der Waals surface area (Å²) in [6.45, 7) is 4.46. The van der Waals surface area contributed by atoms with Crippen LogP contribution in [0.4, 0.5) is 0 Å². The van der Waals surface area contributed by atoms with Crippen LogP contribution < -0.4 is 0 Å². The number of aryl methyl sites for hydroxylation is 1. The first-order valence-electron chi connectivity index (χ1n) is 8.40. The maximum Gasteiger partial charge on any atom is -0.0184 e. The molecule has 1 unspecified atom stereocenters. The van der Waals surface area contributed by atoms with Gasteiger partial charge in [-0.3, -0.25) is 0 Å². The average Bonchev–Trinajstić information content (AvgIpc) is 2.57. The third-order valence-electron chi connectivity index (χ3n) is 4.35. The van der Waals surface area contributed by atoms with Crippen molar-refractivity contribution < 1.29 is 0 Å². The van der Waals surface area contributed by atoms with Gasteiger partial charge in [-0.25, -0.2) is 0 Å². The first-order chi connectivity index (χ1) is 11.2. The molecule has 0 amide bonds. The molecule has 3 rings (SSSR count). The minimum absolute atomic E-state index is 0.655. The molecule has 0 heteroatoms. The average molecular weight is 300 g/mol. The smallest absolute Gasteiger partial charge is 0.0184 e. The third-order valence-corrected chi connectivity index (χ3v) is 4.35. The molecule has 0 aliphatic heterocycles. The van der Waals surface area contributed by atoms with Crippen LogP contribution in [0, 0.1) is 12.8 Å². The standard InChI is InChI=1S/C23H24/c1-18-8-12-22(13-9-18)23-14-10-21(11-15-23)17-19(2)16-20-6-4-3-5-7-20/h3-15,19H,16-17H2,1-2H3. The second-order valence-electron chi connectivity index (χ2n) is 6.56. The highest BCUT2D eigenvalue weighted by Gasteiger charge is 2.05. The van der Waals surface area contributed by atoms with Crippen LogP contribution in [-0.4, -0.2) is 0 Å². The van der Waals surface area contributed by atoms with Gasteiger partial charge in [-0.05, 0) is 47.9 Å². The fraction of sp³-hybridized carbons (Fsp3) is 0.217. The maximum atomic E-state index is 2.33. The molecule has 0 saturated carbocycles. The van der Waals surface area contributed by atoms with Gasteiger partial charge in [0.1, 0.15) is 0 Å². The molecule has 0 saturated heterocycles. The Kier molecular flexibility index (Phi) is 4.92. The van der Waals surface area contributed by atoms with E-state index in [1.807, 2.05) is 0 Å². The van der Waals surface area contributed by atoms with E-state index in [0.717, 1.165) is 12.8 Å². The van der Waals surface area contributed by atoms with Gasteiger partial charge in [0.05, 0.1) is 0 Å². The lowest BCUT2D eigenvalue weighted by molar-refractivity contribution is 0.577. The molecule has 1 atom stereocenters. The minimum atomic E-state index is 0.655. The number of hydrogen-bond donors (Lipinski definition) is 0. The van der Waals surface area contributed by atoms with E-state index in [0.29, 0.717) is 5.92 Å². The lowest BCUT2D eigenvalue weighted by Crippen LogP contribution is -2.03. The van der Waals surface area contributed by atoms with E-state index in [-0.39, 0.29) is 0 Å². The van der Waals surface area contributed by atoms with Crippen molar-refractivity contribution in [2.24, 2.45) is 5.92 Å². The highest BCUT2D eigenvalue weighted by atomic mass is 14.1. The van der Waals surface area contributed by atoms with Crippen LogP contribution in [0.15, 0.2) is 78.9 Å². The molecule has 0 aliphatic rings. The molecule has 0 heterocycles. The zero-order valence-electron chi connectivity index (χ0n) is 14.0. The lowest BCUT2D eigenvalue weighted by Gasteiger charge is -2.12. The largest absolute Gasteiger partial charge is 0.0622 e. The van der Waals surface area contributed by atoms with Gasteiger partial charge in [0, 0.05) is 0 Å². The molecule has 3 aromatic carbocycles. The van der Waals surface area contributed by atoms with E-state index in [4.69, 9.17) is 0 Å². The van der Waals surface area contributed by atoms with Crippen LogP contribution in [0.2, 0.25) is 0 Å². The van der Waals surface area contributed by atoms with E-state index in [2.05, 4.69) is 92.7 Å². The van der Waals surface area contributed by atoms with Gasteiger partial charge in [0.25, 0.3) is 0 Å². The van der Waals surface area contributed by atoms with Crippen molar-refractivity contribution >= 4 is 0 Å². The van der Waals surface area contributed by atoms with E-state index in [1.54, 1.807) is 0 Å². The van der Waals surface area contributed by atoms with Gasteiger partial charge >= 0.3 is 0 Å². The normalized spacial score (nSPS) is 12.1. The summed E-state index contributed by atoms with van der Waals surface area (Å²) >= 11 is 0. The highest BCUT2D eigenvalue weighted by Crippen LogP contribution is 2.22. The molecule has 3 aromatic rings. The molecular formula is C23H24. The van der Waals surface area contributed by atoms with Crippen LogP contribution in [0.5, 0.6) is 0 Å². The van der Waals surface area contributed by atoms with E-state index in [1.165, 1.54) is 27.8 Å². The predicted octanol–water partition coefficient (Wildman–Crippen LogP) is 6.08. The molecule has 0 aromatic heterocycles. The van der Waals surface area contributed by atoms with Crippen molar-refractivity contribution in [3.8, 4) is 11.1 Å². The molecule has 116 valence electrons. The molecular weight excluding hydrogens is 276 g/mol. The van der Waals surface area contributed by atoms with Gasteiger partial charge in [0.15, 0.2) is 0 Å². The van der Waals surface area contributed by atoms with Crippen molar-refractivity contribution in [2.45, 2.75) is 26.7 Å². The summed E-state index contributed by atoms with van der Waals surface area (Å²) in [5.74, 6) is 0.655. The summed E-state index contributed by atoms with van der Waals surface area (Å²) in [5.41, 5.74) is 6.74. The predicted molar refractivity (Wildman–Crippen MR) is 99.6 cm³/mol. The summed E-state index contributed by atoms with van der Waals surface area (Å²) < 4.78 is 0. The third kappa shape index (κ3) is 4.32. The summed E-state index contributed by atoms with van der Waals surface area (Å²) in [6, 6.07) is 28.5. The first kappa shape index (κ1) is 15.6. The summed E-state index contributed by atoms with van der Waals surface area (Å²) in [5, 5.41) is 0. The van der Waals surface area contributed by atoms with Gasteiger partial charge in [-0.2, -0.15) is 0 Å². The molecule has 0 fully saturated rings. The van der Waals surface area contributed by atoms with Crippen LogP contribution >= 0.6 is 0 Å². The Balaban J connectivity index is 1.64. The Morgan fingerprint density at radius 1 is 0.609 bits per heavy atom. The molecule has 0 aliphatic carbocycles. The topological polar surface area (TPSA) is 0 Å². The summed E-state index contributed by atoms with van der Waals surface area (Å²) in [4.78, 5) is 0. The zero-order valence-corrected chi connectivity index (χ0v) is 14.0. The highest BCUT2D eigenvalue weighted by molar-refractivity contribution is 5.63. The van der Waals surface area contributed by atoms with Gasteiger partial charge in [-0.15, -0.1) is 0 Å². The molecule has 23 heavy (non-hydrogen) atoms. The Bertz CT molecular complexity index is 721. The second kappa shape index (κ2) is 7.28. The number of rotatable bonds is 5. The van der Waals surface area contributed by atoms with Crippen molar-refractivity contribution in [1.29, 1.82) is 0 Å². The van der Waals surface area contributed by atoms with Crippen molar-refractivity contribution in [3.63, 3.8) is 0 Å². The monoisotopic (exact) mass is 300 g/mol. The number of hydrogen-bond acceptors (Lipinski definition) is 0. The Labute approximate surface area is 139 Å². The summed E-state index contributed by atoms with van der Waals surface area (Å²) in [6.07, 6.45) is 2.27. The Hall–Kier alpha value is -2.34. The van der Waals surface area contributed by atoms with E-state index >= 15 is 0 Å². The molecule has 0 radical (unpaired) electrons. The number of benzene rings is 3. The minimum Gasteiger partial charge on any atom is -0.0622 e. The molecule has 0 spiro atoms. The van der Waals surface area contributed by atoms with E-state index < -0.39 is 0 Å². The molecule has 0 bridgehead atoms. The van der Waals surface area contributed by atoms with Crippen molar-refractivity contribution in [1.82, 2.24) is 0 Å². The van der Waals surface area contributed by atoms with Gasteiger partial charge in [0.2, 0.25) is 0 Å². The van der Waals surface area contributed by atoms with Gasteiger partial charge < -0.3 is 0 Å². The quantitative estimate of drug-likeness (QED) is 0.535. The van der Waals surface area contributed by atoms with Gasteiger partial charge in [-0.1, -0.05) is 91.3 Å². The second-order valence-corrected chi connectivity index (χ2v) is 6.56. The van der Waals surface area contributed by atoms with Crippen LogP contribution in [0.3, 0.4) is 0 Å². The van der Waals surface area contributed by atoms with Crippen LogP contribution in [-0.2, 0) is 12.8 Å². The SMILES string of the molecule is Cc1ccc(-c2ccc(CC(C)Cc3ccccc3)cc2)cc1. The van der Waals surface area contributed by atoms with Crippen molar-refractivity contribution in [2.75, 3.05) is 0 Å². The summed E-state index contributed by atoms with van der Waals surface area (Å²) in [7, 11) is 0. The molecule has 0 N–H and O–H groups in total. The fourth-order valence-electron chi connectivity index (χ4n) is 3.07. The van der Waals surface area contributed by atoms with Crippen molar-refractivity contribution in [3.05, 3.63) is 95.6 Å². The van der Waals surface area contributed by atoms with Crippen LogP contribution in [0.1, 0.15) is 23.6 Å². The lowest BCUT2D eigenvalue weighted by atomic mass is 9.93. The fourth-order valence-corrected chi connectivity index (χ4v) is 3.07. The van der Waals surface area contributed by atoms with E-state index in [9.17, 15) is 0 Å². The first-order valence-corrected chi connectivity index (χ1v) is 8.40. The molecule has 0 nitrogen and oxygen atoms in total.